The molecule has 1 rings (SSSR count). The van der Waals surface area contributed by atoms with E-state index >= 15 is 0 Å². The fourth-order valence-corrected chi connectivity index (χ4v) is 3.04. The Labute approximate surface area is 131 Å². The third kappa shape index (κ3) is 5.27. The van der Waals surface area contributed by atoms with Gasteiger partial charge in [-0.05, 0) is 52.2 Å². The average molecular weight is 309 g/mol. The second-order valence-electron chi connectivity index (χ2n) is 6.32. The minimum absolute atomic E-state index is 0.134. The summed E-state index contributed by atoms with van der Waals surface area (Å²) in [6.45, 7) is 11.7. The van der Waals surface area contributed by atoms with Gasteiger partial charge in [-0.1, -0.05) is 30.7 Å². The van der Waals surface area contributed by atoms with Crippen molar-refractivity contribution in [3.05, 3.63) is 34.9 Å². The molecule has 0 aliphatic heterocycles. The summed E-state index contributed by atoms with van der Waals surface area (Å²) in [7, 11) is -1.21. The summed E-state index contributed by atoms with van der Waals surface area (Å²) in [4.78, 5) is 12.2. The number of amides is 1. The number of hydrogen-bond donors (Lipinski definition) is 1. The van der Waals surface area contributed by atoms with Gasteiger partial charge in [0.05, 0.1) is 0 Å². The van der Waals surface area contributed by atoms with E-state index in [1.165, 1.54) is 0 Å². The van der Waals surface area contributed by atoms with Crippen molar-refractivity contribution in [3.8, 4) is 0 Å². The van der Waals surface area contributed by atoms with Crippen molar-refractivity contribution in [1.82, 2.24) is 5.32 Å². The number of nitrogens with one attached hydrogen (secondary N) is 1. The average Bonchev–Trinajstić information content (AvgIpc) is 2.41. The molecule has 0 radical (unpaired) electrons. The summed E-state index contributed by atoms with van der Waals surface area (Å²) in [6.07, 6.45) is 0.842. The van der Waals surface area contributed by atoms with Crippen LogP contribution in [0.5, 0.6) is 0 Å². The SMILES string of the molecule is CCC(C)(C)NC(=O)[C@H](C)[S@](=O)Cc1cc(C)ccc1C. The first-order valence-corrected chi connectivity index (χ1v) is 8.80. The van der Waals surface area contributed by atoms with Crippen molar-refractivity contribution in [3.63, 3.8) is 0 Å². The van der Waals surface area contributed by atoms with Crippen LogP contribution in [0, 0.1) is 13.8 Å². The molecular formula is C17H27NO2S. The third-order valence-electron chi connectivity index (χ3n) is 3.91. The summed E-state index contributed by atoms with van der Waals surface area (Å²) in [5, 5.41) is 2.46. The van der Waals surface area contributed by atoms with E-state index in [0.717, 1.165) is 23.1 Å². The molecule has 0 unspecified atom stereocenters. The number of rotatable bonds is 6. The maximum absolute atomic E-state index is 12.4. The van der Waals surface area contributed by atoms with Crippen LogP contribution in [-0.4, -0.2) is 20.9 Å². The molecule has 4 heteroatoms. The standard InChI is InChI=1S/C17H27NO2S/c1-7-17(5,6)18-16(19)14(4)21(20)11-15-10-12(2)8-9-13(15)3/h8-10,14H,7,11H2,1-6H3,(H,18,19)/t14-,21+/m0/s1. The Kier molecular flexibility index (Phi) is 6.14. The third-order valence-corrected chi connectivity index (χ3v) is 5.51. The molecule has 0 bridgehead atoms. The molecule has 0 saturated carbocycles. The van der Waals surface area contributed by atoms with E-state index in [2.05, 4.69) is 5.32 Å². The predicted molar refractivity (Wildman–Crippen MR) is 89.7 cm³/mol. The molecule has 0 spiro atoms. The van der Waals surface area contributed by atoms with Gasteiger partial charge in [-0.2, -0.15) is 0 Å². The second-order valence-corrected chi connectivity index (χ2v) is 8.08. The number of carbonyl (C=O) groups is 1. The van der Waals surface area contributed by atoms with E-state index in [4.69, 9.17) is 0 Å². The first kappa shape index (κ1) is 17.9. The summed E-state index contributed by atoms with van der Waals surface area (Å²) in [6, 6.07) is 6.13. The summed E-state index contributed by atoms with van der Waals surface area (Å²) < 4.78 is 12.4. The quantitative estimate of drug-likeness (QED) is 0.877. The van der Waals surface area contributed by atoms with Crippen molar-refractivity contribution in [1.29, 1.82) is 0 Å². The lowest BCUT2D eigenvalue weighted by molar-refractivity contribution is -0.121. The van der Waals surface area contributed by atoms with Crippen LogP contribution in [0.4, 0.5) is 0 Å². The minimum Gasteiger partial charge on any atom is -0.350 e. The zero-order valence-electron chi connectivity index (χ0n) is 13.9. The van der Waals surface area contributed by atoms with Gasteiger partial charge in [-0.3, -0.25) is 9.00 Å². The van der Waals surface area contributed by atoms with Crippen LogP contribution >= 0.6 is 0 Å². The lowest BCUT2D eigenvalue weighted by atomic mass is 10.0. The molecule has 0 saturated heterocycles. The molecule has 21 heavy (non-hydrogen) atoms. The Morgan fingerprint density at radius 1 is 1.33 bits per heavy atom. The van der Waals surface area contributed by atoms with Crippen molar-refractivity contribution in [2.24, 2.45) is 0 Å². The Hall–Kier alpha value is -1.16. The van der Waals surface area contributed by atoms with E-state index in [9.17, 15) is 9.00 Å². The molecule has 0 aliphatic rings. The lowest BCUT2D eigenvalue weighted by Crippen LogP contribution is -2.47. The summed E-state index contributed by atoms with van der Waals surface area (Å²) >= 11 is 0. The van der Waals surface area contributed by atoms with Gasteiger partial charge in [0.25, 0.3) is 0 Å². The van der Waals surface area contributed by atoms with Gasteiger partial charge in [-0.25, -0.2) is 0 Å². The molecule has 3 nitrogen and oxygen atoms in total. The van der Waals surface area contributed by atoms with Crippen molar-refractivity contribution >= 4 is 16.7 Å². The Balaban J connectivity index is 2.75. The summed E-state index contributed by atoms with van der Waals surface area (Å²) in [5.74, 6) is 0.291. The highest BCUT2D eigenvalue weighted by Gasteiger charge is 2.25. The molecule has 0 fully saturated rings. The largest absolute Gasteiger partial charge is 0.350 e. The number of hydrogen-bond acceptors (Lipinski definition) is 2. The molecule has 118 valence electrons. The molecule has 2 atom stereocenters. The lowest BCUT2D eigenvalue weighted by Gasteiger charge is -2.26. The first-order valence-electron chi connectivity index (χ1n) is 7.41. The predicted octanol–water partition coefficient (Wildman–Crippen LogP) is 3.25. The number of carbonyl (C=O) groups excluding carboxylic acids is 1. The summed E-state index contributed by atoms with van der Waals surface area (Å²) in [5.41, 5.74) is 3.07. The molecule has 1 aromatic rings. The first-order chi connectivity index (χ1) is 9.66. The molecule has 1 N–H and O–H groups in total. The number of aryl methyl sites for hydroxylation is 2. The number of benzene rings is 1. The molecular weight excluding hydrogens is 282 g/mol. The molecule has 1 aromatic carbocycles. The van der Waals surface area contributed by atoms with Crippen molar-refractivity contribution in [2.45, 2.75) is 64.5 Å². The molecule has 1 amide bonds. The fourth-order valence-electron chi connectivity index (χ4n) is 1.88. The van der Waals surface area contributed by atoms with Gasteiger partial charge in [0.2, 0.25) is 5.91 Å². The molecule has 0 aromatic heterocycles. The monoisotopic (exact) mass is 309 g/mol. The Morgan fingerprint density at radius 2 is 1.95 bits per heavy atom. The van der Waals surface area contributed by atoms with Crippen LogP contribution in [0.15, 0.2) is 18.2 Å². The van der Waals surface area contributed by atoms with E-state index in [-0.39, 0.29) is 11.4 Å². The van der Waals surface area contributed by atoms with Crippen LogP contribution in [0.2, 0.25) is 0 Å². The van der Waals surface area contributed by atoms with Crippen LogP contribution in [-0.2, 0) is 21.3 Å². The van der Waals surface area contributed by atoms with E-state index in [0.29, 0.717) is 5.75 Å². The maximum atomic E-state index is 12.4. The van der Waals surface area contributed by atoms with Gasteiger partial charge < -0.3 is 5.32 Å². The van der Waals surface area contributed by atoms with Crippen LogP contribution < -0.4 is 5.32 Å². The normalized spacial score (nSPS) is 14.6. The van der Waals surface area contributed by atoms with Crippen molar-refractivity contribution in [2.75, 3.05) is 0 Å². The van der Waals surface area contributed by atoms with Crippen LogP contribution in [0.25, 0.3) is 0 Å². The maximum Gasteiger partial charge on any atom is 0.235 e. The zero-order valence-corrected chi connectivity index (χ0v) is 14.8. The van der Waals surface area contributed by atoms with Gasteiger partial charge in [0, 0.05) is 22.1 Å². The molecule has 0 aliphatic carbocycles. The van der Waals surface area contributed by atoms with Gasteiger partial charge in [0.1, 0.15) is 5.25 Å². The second kappa shape index (κ2) is 7.21. The van der Waals surface area contributed by atoms with E-state index < -0.39 is 16.0 Å². The van der Waals surface area contributed by atoms with E-state index in [1.54, 1.807) is 6.92 Å². The van der Waals surface area contributed by atoms with Crippen LogP contribution in [0.1, 0.15) is 50.8 Å². The topological polar surface area (TPSA) is 46.2 Å². The highest BCUT2D eigenvalue weighted by Crippen LogP contribution is 2.15. The smallest absolute Gasteiger partial charge is 0.235 e. The minimum atomic E-state index is -1.21. The van der Waals surface area contributed by atoms with Gasteiger partial charge >= 0.3 is 0 Å². The Bertz CT molecular complexity index is 538. The molecule has 0 heterocycles. The Morgan fingerprint density at radius 3 is 2.52 bits per heavy atom. The highest BCUT2D eigenvalue weighted by molar-refractivity contribution is 7.85. The zero-order chi connectivity index (χ0) is 16.2. The van der Waals surface area contributed by atoms with E-state index in [1.807, 2.05) is 52.8 Å². The van der Waals surface area contributed by atoms with Crippen molar-refractivity contribution < 1.29 is 9.00 Å². The highest BCUT2D eigenvalue weighted by atomic mass is 32.2. The van der Waals surface area contributed by atoms with Crippen LogP contribution in [0.3, 0.4) is 0 Å². The fraction of sp³-hybridized carbons (Fsp3) is 0.588. The van der Waals surface area contributed by atoms with Gasteiger partial charge in [-0.15, -0.1) is 0 Å². The van der Waals surface area contributed by atoms with Gasteiger partial charge in [0.15, 0.2) is 0 Å².